The number of allylic oxidation sites excluding steroid dienone is 1. The molecule has 0 saturated heterocycles. The molecule has 2 aliphatic carbocycles. The largest absolute Gasteiger partial charge is 0.396 e. The molecule has 0 aromatic carbocycles. The maximum absolute atomic E-state index is 9.75. The maximum Gasteiger partial charge on any atom is 0.0645 e. The van der Waals surface area contributed by atoms with E-state index >= 15 is 0 Å². The Hall–Kier alpha value is -0.380. The second-order valence-electron chi connectivity index (χ2n) is 6.63. The van der Waals surface area contributed by atoms with Crippen molar-refractivity contribution in [3.8, 4) is 0 Å². The molecular weight excluding hydrogens is 228 g/mol. The van der Waals surface area contributed by atoms with E-state index in [1.54, 1.807) is 0 Å². The van der Waals surface area contributed by atoms with Gasteiger partial charge in [0.05, 0.1) is 13.2 Å². The molecule has 2 aliphatic rings. The molecular formula is C15H26O3. The summed E-state index contributed by atoms with van der Waals surface area (Å²) in [5.41, 5.74) is 0.952. The Balaban J connectivity index is 2.39. The zero-order chi connectivity index (χ0) is 13.4. The fourth-order valence-electron chi connectivity index (χ4n) is 4.51. The minimum atomic E-state index is -0.0437. The lowest BCUT2D eigenvalue weighted by molar-refractivity contribution is -0.0837. The van der Waals surface area contributed by atoms with Crippen molar-refractivity contribution in [3.63, 3.8) is 0 Å². The number of aliphatic hydroxyl groups excluding tert-OH is 3. The van der Waals surface area contributed by atoms with Crippen LogP contribution in [0.3, 0.4) is 0 Å². The lowest BCUT2D eigenvalue weighted by Crippen LogP contribution is -2.52. The molecule has 1 fully saturated rings. The van der Waals surface area contributed by atoms with Gasteiger partial charge in [0.2, 0.25) is 0 Å². The molecule has 0 aliphatic heterocycles. The first-order valence-electron chi connectivity index (χ1n) is 7.03. The van der Waals surface area contributed by atoms with Gasteiger partial charge in [-0.05, 0) is 41.6 Å². The van der Waals surface area contributed by atoms with E-state index in [-0.39, 0.29) is 36.6 Å². The van der Waals surface area contributed by atoms with Crippen molar-refractivity contribution in [3.05, 3.63) is 11.6 Å². The van der Waals surface area contributed by atoms with Crippen LogP contribution in [0.15, 0.2) is 11.6 Å². The van der Waals surface area contributed by atoms with E-state index in [4.69, 9.17) is 0 Å². The first kappa shape index (κ1) is 14.0. The van der Waals surface area contributed by atoms with Crippen molar-refractivity contribution in [2.75, 3.05) is 19.8 Å². The Labute approximate surface area is 110 Å². The van der Waals surface area contributed by atoms with Gasteiger partial charge in [-0.2, -0.15) is 0 Å². The van der Waals surface area contributed by atoms with E-state index in [9.17, 15) is 15.3 Å². The molecule has 1 saturated carbocycles. The normalized spacial score (nSPS) is 44.4. The summed E-state index contributed by atoms with van der Waals surface area (Å²) in [5, 5.41) is 28.9. The lowest BCUT2D eigenvalue weighted by Gasteiger charge is -2.57. The van der Waals surface area contributed by atoms with Crippen LogP contribution >= 0.6 is 0 Å². The number of fused-ring (bicyclic) bond motifs is 1. The summed E-state index contributed by atoms with van der Waals surface area (Å²) in [7, 11) is 0. The van der Waals surface area contributed by atoms with Crippen LogP contribution in [0, 0.1) is 22.7 Å². The number of aliphatic hydroxyl groups is 3. The Kier molecular flexibility index (Phi) is 3.86. The Bertz CT molecular complexity index is 339. The molecule has 0 aromatic rings. The van der Waals surface area contributed by atoms with Gasteiger partial charge in [0.25, 0.3) is 0 Å². The van der Waals surface area contributed by atoms with Crippen LogP contribution in [0.25, 0.3) is 0 Å². The van der Waals surface area contributed by atoms with E-state index in [1.165, 1.54) is 0 Å². The SMILES string of the molecule is C[C@]1(CO)CCC[C@@]2(C)[C@@H](CO)C(CO)=CC[C@@H]12. The number of hydrogen-bond acceptors (Lipinski definition) is 3. The second-order valence-corrected chi connectivity index (χ2v) is 6.63. The molecule has 0 spiro atoms. The molecule has 3 nitrogen and oxygen atoms in total. The van der Waals surface area contributed by atoms with E-state index in [1.807, 2.05) is 0 Å². The van der Waals surface area contributed by atoms with Crippen LogP contribution < -0.4 is 0 Å². The molecule has 2 rings (SSSR count). The van der Waals surface area contributed by atoms with Crippen molar-refractivity contribution in [1.82, 2.24) is 0 Å². The second kappa shape index (κ2) is 4.95. The Morgan fingerprint density at radius 3 is 2.50 bits per heavy atom. The summed E-state index contributed by atoms with van der Waals surface area (Å²) < 4.78 is 0. The Morgan fingerprint density at radius 2 is 1.94 bits per heavy atom. The van der Waals surface area contributed by atoms with E-state index in [0.29, 0.717) is 5.92 Å². The monoisotopic (exact) mass is 254 g/mol. The van der Waals surface area contributed by atoms with Crippen LogP contribution in [-0.2, 0) is 0 Å². The maximum atomic E-state index is 9.75. The summed E-state index contributed by atoms with van der Waals surface area (Å²) in [6.45, 7) is 4.76. The third-order valence-electron chi connectivity index (χ3n) is 5.69. The van der Waals surface area contributed by atoms with Crippen molar-refractivity contribution >= 4 is 0 Å². The highest BCUT2D eigenvalue weighted by Gasteiger charge is 2.53. The average Bonchev–Trinajstić information content (AvgIpc) is 2.37. The fourth-order valence-corrected chi connectivity index (χ4v) is 4.51. The third kappa shape index (κ3) is 1.93. The Morgan fingerprint density at radius 1 is 1.22 bits per heavy atom. The molecule has 4 atom stereocenters. The van der Waals surface area contributed by atoms with Crippen molar-refractivity contribution in [2.24, 2.45) is 22.7 Å². The predicted molar refractivity (Wildman–Crippen MR) is 71.0 cm³/mol. The van der Waals surface area contributed by atoms with Gasteiger partial charge in [0.1, 0.15) is 0 Å². The number of hydrogen-bond donors (Lipinski definition) is 3. The summed E-state index contributed by atoms with van der Waals surface area (Å²) in [4.78, 5) is 0. The van der Waals surface area contributed by atoms with Gasteiger partial charge in [-0.25, -0.2) is 0 Å². The number of rotatable bonds is 3. The highest BCUT2D eigenvalue weighted by Crippen LogP contribution is 2.59. The van der Waals surface area contributed by atoms with Gasteiger partial charge < -0.3 is 15.3 Å². The van der Waals surface area contributed by atoms with E-state index in [0.717, 1.165) is 31.3 Å². The van der Waals surface area contributed by atoms with Crippen molar-refractivity contribution < 1.29 is 15.3 Å². The van der Waals surface area contributed by atoms with Crippen LogP contribution in [0.4, 0.5) is 0 Å². The van der Waals surface area contributed by atoms with Gasteiger partial charge in [-0.15, -0.1) is 0 Å². The van der Waals surface area contributed by atoms with Crippen molar-refractivity contribution in [2.45, 2.75) is 39.5 Å². The molecule has 3 N–H and O–H groups in total. The van der Waals surface area contributed by atoms with Crippen LogP contribution in [-0.4, -0.2) is 35.1 Å². The molecule has 0 amide bonds. The van der Waals surface area contributed by atoms with Crippen LogP contribution in [0.5, 0.6) is 0 Å². The van der Waals surface area contributed by atoms with Crippen LogP contribution in [0.2, 0.25) is 0 Å². The first-order valence-corrected chi connectivity index (χ1v) is 7.03. The molecule has 0 bridgehead atoms. The average molecular weight is 254 g/mol. The predicted octanol–water partition coefficient (Wildman–Crippen LogP) is 1.72. The quantitative estimate of drug-likeness (QED) is 0.672. The molecule has 0 aromatic heterocycles. The van der Waals surface area contributed by atoms with Gasteiger partial charge in [-0.1, -0.05) is 26.3 Å². The molecule has 0 heterocycles. The summed E-state index contributed by atoms with van der Waals surface area (Å²) in [5.74, 6) is 0.448. The molecule has 0 unspecified atom stereocenters. The smallest absolute Gasteiger partial charge is 0.0645 e. The summed E-state index contributed by atoms with van der Waals surface area (Å²) in [6, 6.07) is 0. The van der Waals surface area contributed by atoms with Gasteiger partial charge >= 0.3 is 0 Å². The van der Waals surface area contributed by atoms with Crippen LogP contribution in [0.1, 0.15) is 39.5 Å². The summed E-state index contributed by atoms with van der Waals surface area (Å²) >= 11 is 0. The highest BCUT2D eigenvalue weighted by molar-refractivity contribution is 5.20. The highest BCUT2D eigenvalue weighted by atomic mass is 16.3. The molecule has 18 heavy (non-hydrogen) atoms. The van der Waals surface area contributed by atoms with E-state index < -0.39 is 0 Å². The zero-order valence-corrected chi connectivity index (χ0v) is 11.5. The topological polar surface area (TPSA) is 60.7 Å². The fraction of sp³-hybridized carbons (Fsp3) is 0.867. The minimum absolute atomic E-state index is 0.0112. The van der Waals surface area contributed by atoms with E-state index in [2.05, 4.69) is 19.9 Å². The minimum Gasteiger partial charge on any atom is -0.396 e. The van der Waals surface area contributed by atoms with Gasteiger partial charge in [0.15, 0.2) is 0 Å². The summed E-state index contributed by atoms with van der Waals surface area (Å²) in [6.07, 6.45) is 6.24. The third-order valence-corrected chi connectivity index (χ3v) is 5.69. The first-order chi connectivity index (χ1) is 8.51. The zero-order valence-electron chi connectivity index (χ0n) is 11.5. The standard InChI is InChI=1S/C15H26O3/c1-14(10-18)6-3-7-15(2)12(9-17)11(8-16)4-5-13(14)15/h4,12-13,16-18H,3,5-10H2,1-2H3/t12-,13-,14+,15-/m0/s1. The van der Waals surface area contributed by atoms with Gasteiger partial charge in [0, 0.05) is 12.5 Å². The van der Waals surface area contributed by atoms with Gasteiger partial charge in [-0.3, -0.25) is 0 Å². The molecule has 0 radical (unpaired) electrons. The lowest BCUT2D eigenvalue weighted by atomic mass is 9.48. The molecule has 3 heteroatoms. The molecule has 104 valence electrons. The van der Waals surface area contributed by atoms with Crippen molar-refractivity contribution in [1.29, 1.82) is 0 Å².